The van der Waals surface area contributed by atoms with E-state index in [4.69, 9.17) is 32.7 Å². The maximum absolute atomic E-state index is 13.4. The fourth-order valence-electron chi connectivity index (χ4n) is 3.40. The van der Waals surface area contributed by atoms with Gasteiger partial charge in [-0.2, -0.15) is 9.41 Å². The summed E-state index contributed by atoms with van der Waals surface area (Å²) in [6, 6.07) is 17.8. The zero-order valence-corrected chi connectivity index (χ0v) is 23.4. The molecule has 0 fully saturated rings. The third-order valence-electron chi connectivity index (χ3n) is 5.15. The van der Waals surface area contributed by atoms with Crippen LogP contribution in [0, 0.1) is 0 Å². The van der Waals surface area contributed by atoms with Crippen LogP contribution in [0.4, 0.5) is 0 Å². The highest BCUT2D eigenvalue weighted by Gasteiger charge is 2.27. The highest BCUT2D eigenvalue weighted by molar-refractivity contribution is 7.89. The predicted molar refractivity (Wildman–Crippen MR) is 150 cm³/mol. The van der Waals surface area contributed by atoms with Gasteiger partial charge < -0.3 is 9.47 Å². The molecule has 0 bridgehead atoms. The number of nitrogens with zero attached hydrogens (tertiary/aromatic N) is 2. The number of benzene rings is 3. The molecule has 0 aliphatic rings. The van der Waals surface area contributed by atoms with Crippen LogP contribution in [0.5, 0.6) is 11.5 Å². The van der Waals surface area contributed by atoms with Crippen molar-refractivity contribution in [2.75, 3.05) is 19.8 Å². The molecule has 3 aromatic rings. The van der Waals surface area contributed by atoms with Gasteiger partial charge in [-0.3, -0.25) is 4.79 Å². The molecule has 3 aromatic carbocycles. The van der Waals surface area contributed by atoms with Gasteiger partial charge in [0.1, 0.15) is 0 Å². The van der Waals surface area contributed by atoms with E-state index in [1.165, 1.54) is 30.5 Å². The topological polar surface area (TPSA) is 97.3 Å². The first-order chi connectivity index (χ1) is 18.2. The molecule has 0 heterocycles. The second kappa shape index (κ2) is 14.2. The van der Waals surface area contributed by atoms with Gasteiger partial charge in [0, 0.05) is 16.6 Å². The van der Waals surface area contributed by atoms with Gasteiger partial charge >= 0.3 is 0 Å². The first-order valence-corrected chi connectivity index (χ1v) is 14.1. The monoisotopic (exact) mass is 577 g/mol. The van der Waals surface area contributed by atoms with E-state index in [2.05, 4.69) is 10.5 Å². The quantitative estimate of drug-likeness (QED) is 0.213. The van der Waals surface area contributed by atoms with Crippen molar-refractivity contribution in [2.24, 2.45) is 5.10 Å². The Morgan fingerprint density at radius 1 is 0.974 bits per heavy atom. The molecule has 0 aromatic heterocycles. The summed E-state index contributed by atoms with van der Waals surface area (Å²) in [6.45, 7) is 4.37. The van der Waals surface area contributed by atoms with Gasteiger partial charge in [-0.15, -0.1) is 0 Å². The lowest BCUT2D eigenvalue weighted by Crippen LogP contribution is -2.39. The summed E-state index contributed by atoms with van der Waals surface area (Å²) in [4.78, 5) is 12.8. The number of amides is 1. The molecule has 0 aliphatic carbocycles. The zero-order chi connectivity index (χ0) is 27.5. The Balaban J connectivity index is 1.76. The summed E-state index contributed by atoms with van der Waals surface area (Å²) in [7, 11) is -4.04. The normalized spacial score (nSPS) is 11.6. The SMILES string of the molecule is CCCOc1ccc(/C=N\NC(=O)CN(Cc2cccc(Cl)c2)S(=O)(=O)c2ccc(Cl)cc2)cc1OCC. The van der Waals surface area contributed by atoms with Gasteiger partial charge in [0.25, 0.3) is 5.91 Å². The minimum Gasteiger partial charge on any atom is -0.490 e. The van der Waals surface area contributed by atoms with Crippen LogP contribution in [0.2, 0.25) is 10.0 Å². The van der Waals surface area contributed by atoms with E-state index in [0.717, 1.165) is 10.7 Å². The van der Waals surface area contributed by atoms with Crippen LogP contribution in [0.15, 0.2) is 76.7 Å². The highest BCUT2D eigenvalue weighted by atomic mass is 35.5. The molecule has 1 N–H and O–H groups in total. The predicted octanol–water partition coefficient (Wildman–Crippen LogP) is 5.52. The second-order valence-electron chi connectivity index (χ2n) is 8.14. The van der Waals surface area contributed by atoms with Gasteiger partial charge in [0.15, 0.2) is 11.5 Å². The molecule has 38 heavy (non-hydrogen) atoms. The van der Waals surface area contributed by atoms with Crippen molar-refractivity contribution in [3.8, 4) is 11.5 Å². The summed E-state index contributed by atoms with van der Waals surface area (Å²) < 4.78 is 39.1. The van der Waals surface area contributed by atoms with Crippen molar-refractivity contribution in [2.45, 2.75) is 31.7 Å². The molecule has 202 valence electrons. The van der Waals surface area contributed by atoms with Crippen molar-refractivity contribution in [1.29, 1.82) is 0 Å². The standard InChI is InChI=1S/C27H29Cl2N3O5S/c1-3-14-37-25-13-8-20(16-26(25)36-4-2)17-30-31-27(33)19-32(18-21-6-5-7-23(29)15-21)38(34,35)24-11-9-22(28)10-12-24/h5-13,15-17H,3-4,14,18-19H2,1-2H3,(H,31,33)/b30-17-. The van der Waals surface area contributed by atoms with E-state index in [1.54, 1.807) is 42.5 Å². The first-order valence-electron chi connectivity index (χ1n) is 11.9. The van der Waals surface area contributed by atoms with Crippen LogP contribution in [0.25, 0.3) is 0 Å². The number of hydrogen-bond acceptors (Lipinski definition) is 6. The van der Waals surface area contributed by atoms with Gasteiger partial charge in [0.2, 0.25) is 10.0 Å². The third-order valence-corrected chi connectivity index (χ3v) is 7.44. The zero-order valence-electron chi connectivity index (χ0n) is 21.1. The average Bonchev–Trinajstić information content (AvgIpc) is 2.88. The van der Waals surface area contributed by atoms with Crippen LogP contribution in [-0.4, -0.2) is 44.6 Å². The number of hydrazone groups is 1. The molecule has 3 rings (SSSR count). The minimum absolute atomic E-state index is 0.00839. The molecule has 0 saturated heterocycles. The fourth-order valence-corrected chi connectivity index (χ4v) is 5.12. The molecule has 0 aliphatic heterocycles. The molecule has 0 unspecified atom stereocenters. The van der Waals surface area contributed by atoms with E-state index in [9.17, 15) is 13.2 Å². The number of rotatable bonds is 13. The van der Waals surface area contributed by atoms with Crippen LogP contribution in [0.1, 0.15) is 31.4 Å². The molecular weight excluding hydrogens is 549 g/mol. The maximum Gasteiger partial charge on any atom is 0.255 e. The van der Waals surface area contributed by atoms with Crippen molar-refractivity contribution >= 4 is 45.3 Å². The summed E-state index contributed by atoms with van der Waals surface area (Å²) >= 11 is 12.0. The Morgan fingerprint density at radius 2 is 1.74 bits per heavy atom. The summed E-state index contributed by atoms with van der Waals surface area (Å²) in [5.41, 5.74) is 3.69. The van der Waals surface area contributed by atoms with Gasteiger partial charge in [-0.1, -0.05) is 42.3 Å². The van der Waals surface area contributed by atoms with Crippen LogP contribution in [-0.2, 0) is 21.4 Å². The lowest BCUT2D eigenvalue weighted by molar-refractivity contribution is -0.121. The fraction of sp³-hybridized carbons (Fsp3) is 0.259. The average molecular weight is 579 g/mol. The first kappa shape index (κ1) is 29.4. The third kappa shape index (κ3) is 8.46. The number of carbonyl (C=O) groups is 1. The minimum atomic E-state index is -4.04. The number of sulfonamides is 1. The number of carbonyl (C=O) groups excluding carboxylic acids is 1. The lowest BCUT2D eigenvalue weighted by Gasteiger charge is -2.21. The Morgan fingerprint density at radius 3 is 2.42 bits per heavy atom. The Labute approximate surface area is 233 Å². The lowest BCUT2D eigenvalue weighted by atomic mass is 10.2. The molecule has 1 amide bonds. The van der Waals surface area contributed by atoms with Gasteiger partial charge in [0.05, 0.1) is 30.9 Å². The van der Waals surface area contributed by atoms with E-state index < -0.39 is 22.5 Å². The van der Waals surface area contributed by atoms with Crippen molar-refractivity contribution in [3.63, 3.8) is 0 Å². The van der Waals surface area contributed by atoms with E-state index in [-0.39, 0.29) is 11.4 Å². The van der Waals surface area contributed by atoms with Crippen LogP contribution < -0.4 is 14.9 Å². The van der Waals surface area contributed by atoms with E-state index in [0.29, 0.717) is 45.9 Å². The molecule has 11 heteroatoms. The Hall–Kier alpha value is -3.11. The summed E-state index contributed by atoms with van der Waals surface area (Å²) in [6.07, 6.45) is 2.31. The van der Waals surface area contributed by atoms with Crippen molar-refractivity contribution < 1.29 is 22.7 Å². The smallest absolute Gasteiger partial charge is 0.255 e. The number of hydrogen-bond donors (Lipinski definition) is 1. The molecule has 0 spiro atoms. The Kier molecular flexibility index (Phi) is 11.0. The molecule has 0 saturated carbocycles. The van der Waals surface area contributed by atoms with Gasteiger partial charge in [-0.05, 0) is 79.1 Å². The molecule has 0 radical (unpaired) electrons. The van der Waals surface area contributed by atoms with E-state index in [1.807, 2.05) is 13.8 Å². The Bertz CT molecular complexity index is 1370. The van der Waals surface area contributed by atoms with Gasteiger partial charge in [-0.25, -0.2) is 13.8 Å². The highest BCUT2D eigenvalue weighted by Crippen LogP contribution is 2.28. The number of ether oxygens (including phenoxy) is 2. The molecule has 8 nitrogen and oxygen atoms in total. The van der Waals surface area contributed by atoms with Crippen molar-refractivity contribution in [3.05, 3.63) is 87.9 Å². The molecular formula is C27H29Cl2N3O5S. The second-order valence-corrected chi connectivity index (χ2v) is 10.9. The largest absolute Gasteiger partial charge is 0.490 e. The molecule has 0 atom stereocenters. The summed E-state index contributed by atoms with van der Waals surface area (Å²) in [5, 5.41) is 4.85. The number of nitrogens with one attached hydrogen (secondary N) is 1. The summed E-state index contributed by atoms with van der Waals surface area (Å²) in [5.74, 6) is 0.575. The van der Waals surface area contributed by atoms with E-state index >= 15 is 0 Å². The van der Waals surface area contributed by atoms with Crippen LogP contribution >= 0.6 is 23.2 Å². The maximum atomic E-state index is 13.4. The number of halogens is 2. The van der Waals surface area contributed by atoms with Crippen molar-refractivity contribution in [1.82, 2.24) is 9.73 Å². The van der Waals surface area contributed by atoms with Crippen LogP contribution in [0.3, 0.4) is 0 Å².